The molecular formula is C12H16ClN3. The van der Waals surface area contributed by atoms with Gasteiger partial charge in [-0.2, -0.15) is 0 Å². The molecule has 0 spiro atoms. The zero-order valence-electron chi connectivity index (χ0n) is 9.55. The molecule has 0 radical (unpaired) electrons. The highest BCUT2D eigenvalue weighted by Gasteiger charge is 2.04. The Bertz CT molecular complexity index is 455. The lowest BCUT2D eigenvalue weighted by Gasteiger charge is -2.19. The molecule has 1 aromatic heterocycles. The molecule has 0 unspecified atom stereocenters. The van der Waals surface area contributed by atoms with Crippen LogP contribution in [0.2, 0.25) is 0 Å². The molecule has 16 heavy (non-hydrogen) atoms. The summed E-state index contributed by atoms with van der Waals surface area (Å²) in [6.07, 6.45) is 1.84. The second kappa shape index (κ2) is 5.66. The zero-order valence-corrected chi connectivity index (χ0v) is 10.4. The fourth-order valence-corrected chi connectivity index (χ4v) is 1.65. The van der Waals surface area contributed by atoms with Gasteiger partial charge in [-0.25, -0.2) is 4.98 Å². The Morgan fingerprint density at radius 2 is 1.69 bits per heavy atom. The molecule has 0 amide bonds. The number of hydrogen-bond acceptors (Lipinski definition) is 3. The molecule has 86 valence electrons. The van der Waals surface area contributed by atoms with Crippen molar-refractivity contribution in [2.24, 2.45) is 0 Å². The molecule has 0 bridgehead atoms. The van der Waals surface area contributed by atoms with Crippen molar-refractivity contribution in [3.05, 3.63) is 30.5 Å². The van der Waals surface area contributed by atoms with Crippen LogP contribution < -0.4 is 4.90 Å². The number of nitrogens with zero attached hydrogens (tertiary/aromatic N) is 3. The summed E-state index contributed by atoms with van der Waals surface area (Å²) < 4.78 is 0. The van der Waals surface area contributed by atoms with Gasteiger partial charge in [0, 0.05) is 13.1 Å². The minimum Gasteiger partial charge on any atom is -0.356 e. The van der Waals surface area contributed by atoms with Crippen molar-refractivity contribution in [2.75, 3.05) is 18.0 Å². The number of anilines is 1. The number of hydrogen-bond donors (Lipinski definition) is 0. The fraction of sp³-hybridized carbons (Fsp3) is 0.333. The molecule has 0 aliphatic carbocycles. The largest absolute Gasteiger partial charge is 0.356 e. The van der Waals surface area contributed by atoms with E-state index in [-0.39, 0.29) is 12.4 Å². The van der Waals surface area contributed by atoms with Crippen LogP contribution in [0.1, 0.15) is 13.8 Å². The number of halogens is 1. The van der Waals surface area contributed by atoms with Crippen molar-refractivity contribution >= 4 is 29.3 Å². The molecule has 1 heterocycles. The van der Waals surface area contributed by atoms with Gasteiger partial charge >= 0.3 is 0 Å². The number of para-hydroxylation sites is 2. The maximum absolute atomic E-state index is 4.58. The van der Waals surface area contributed by atoms with E-state index in [1.807, 2.05) is 30.5 Å². The van der Waals surface area contributed by atoms with Crippen molar-refractivity contribution in [3.8, 4) is 0 Å². The van der Waals surface area contributed by atoms with Gasteiger partial charge in [-0.05, 0) is 26.0 Å². The van der Waals surface area contributed by atoms with Gasteiger partial charge in [0.15, 0.2) is 0 Å². The molecule has 0 saturated carbocycles. The first-order valence-corrected chi connectivity index (χ1v) is 5.32. The molecule has 0 aliphatic heterocycles. The lowest BCUT2D eigenvalue weighted by atomic mass is 10.3. The molecule has 2 rings (SSSR count). The summed E-state index contributed by atoms with van der Waals surface area (Å²) in [5.74, 6) is 0.957. The van der Waals surface area contributed by atoms with Gasteiger partial charge in [0.25, 0.3) is 0 Å². The average Bonchev–Trinajstić information content (AvgIpc) is 2.30. The van der Waals surface area contributed by atoms with E-state index in [1.54, 1.807) is 0 Å². The van der Waals surface area contributed by atoms with E-state index < -0.39 is 0 Å². The molecule has 3 nitrogen and oxygen atoms in total. The van der Waals surface area contributed by atoms with E-state index in [2.05, 4.69) is 28.7 Å². The van der Waals surface area contributed by atoms with E-state index in [9.17, 15) is 0 Å². The summed E-state index contributed by atoms with van der Waals surface area (Å²) in [7, 11) is 0. The van der Waals surface area contributed by atoms with E-state index >= 15 is 0 Å². The van der Waals surface area contributed by atoms with Gasteiger partial charge in [0.1, 0.15) is 5.82 Å². The molecule has 4 heteroatoms. The van der Waals surface area contributed by atoms with Gasteiger partial charge in [-0.15, -0.1) is 12.4 Å². The minimum absolute atomic E-state index is 0. The van der Waals surface area contributed by atoms with Crippen LogP contribution in [0.15, 0.2) is 30.5 Å². The second-order valence-corrected chi connectivity index (χ2v) is 3.39. The summed E-state index contributed by atoms with van der Waals surface area (Å²) in [5, 5.41) is 0. The van der Waals surface area contributed by atoms with Crippen LogP contribution in [0.4, 0.5) is 5.82 Å². The van der Waals surface area contributed by atoms with Crippen LogP contribution in [-0.4, -0.2) is 23.1 Å². The third-order valence-corrected chi connectivity index (χ3v) is 2.52. The van der Waals surface area contributed by atoms with Gasteiger partial charge in [-0.1, -0.05) is 12.1 Å². The molecule has 2 aromatic rings. The van der Waals surface area contributed by atoms with E-state index in [4.69, 9.17) is 0 Å². The number of rotatable bonds is 3. The monoisotopic (exact) mass is 237 g/mol. The summed E-state index contributed by atoms with van der Waals surface area (Å²) in [6.45, 7) is 6.17. The van der Waals surface area contributed by atoms with Crippen LogP contribution in [-0.2, 0) is 0 Å². The first kappa shape index (κ1) is 12.7. The van der Waals surface area contributed by atoms with Crippen LogP contribution in [0, 0.1) is 0 Å². The quantitative estimate of drug-likeness (QED) is 0.822. The minimum atomic E-state index is 0. The number of aromatic nitrogens is 2. The second-order valence-electron chi connectivity index (χ2n) is 3.39. The van der Waals surface area contributed by atoms with Crippen LogP contribution in [0.3, 0.4) is 0 Å². The molecule has 0 aliphatic rings. The smallest absolute Gasteiger partial charge is 0.147 e. The standard InChI is InChI=1S/C12H15N3.ClH/c1-3-15(4-2)12-9-13-10-7-5-6-8-11(10)14-12;/h5-9H,3-4H2,1-2H3;1H. The van der Waals surface area contributed by atoms with Crippen molar-refractivity contribution in [1.82, 2.24) is 9.97 Å². The fourth-order valence-electron chi connectivity index (χ4n) is 1.65. The number of benzene rings is 1. The molecule has 1 aromatic carbocycles. The Balaban J connectivity index is 0.00000128. The predicted octanol–water partition coefficient (Wildman–Crippen LogP) is 2.90. The summed E-state index contributed by atoms with van der Waals surface area (Å²) in [5.41, 5.74) is 1.91. The predicted molar refractivity (Wildman–Crippen MR) is 70.3 cm³/mol. The van der Waals surface area contributed by atoms with E-state index in [1.165, 1.54) is 0 Å². The van der Waals surface area contributed by atoms with Crippen molar-refractivity contribution in [3.63, 3.8) is 0 Å². The average molecular weight is 238 g/mol. The van der Waals surface area contributed by atoms with Crippen LogP contribution in [0.5, 0.6) is 0 Å². The molecule has 0 atom stereocenters. The van der Waals surface area contributed by atoms with Crippen LogP contribution in [0.25, 0.3) is 11.0 Å². The Kier molecular flexibility index (Phi) is 4.50. The molecule has 0 fully saturated rings. The summed E-state index contributed by atoms with van der Waals surface area (Å²) >= 11 is 0. The Morgan fingerprint density at radius 1 is 1.06 bits per heavy atom. The maximum Gasteiger partial charge on any atom is 0.147 e. The highest BCUT2D eigenvalue weighted by molar-refractivity contribution is 5.85. The first-order valence-electron chi connectivity index (χ1n) is 5.32. The van der Waals surface area contributed by atoms with Crippen molar-refractivity contribution < 1.29 is 0 Å². The lowest BCUT2D eigenvalue weighted by Crippen LogP contribution is -2.23. The highest BCUT2D eigenvalue weighted by atomic mass is 35.5. The van der Waals surface area contributed by atoms with Crippen molar-refractivity contribution in [2.45, 2.75) is 13.8 Å². The molecule has 0 saturated heterocycles. The van der Waals surface area contributed by atoms with E-state index in [0.717, 1.165) is 29.9 Å². The van der Waals surface area contributed by atoms with Gasteiger partial charge in [0.05, 0.1) is 17.2 Å². The van der Waals surface area contributed by atoms with Gasteiger partial charge < -0.3 is 4.90 Å². The Hall–Kier alpha value is -1.35. The van der Waals surface area contributed by atoms with Crippen molar-refractivity contribution in [1.29, 1.82) is 0 Å². The molecule has 0 N–H and O–H groups in total. The Labute approximate surface area is 102 Å². The normalized spacial score (nSPS) is 9.88. The Morgan fingerprint density at radius 3 is 2.31 bits per heavy atom. The van der Waals surface area contributed by atoms with Gasteiger partial charge in [-0.3, -0.25) is 4.98 Å². The summed E-state index contributed by atoms with van der Waals surface area (Å²) in [6, 6.07) is 7.95. The summed E-state index contributed by atoms with van der Waals surface area (Å²) in [4.78, 5) is 11.2. The zero-order chi connectivity index (χ0) is 10.7. The SMILES string of the molecule is CCN(CC)c1cnc2ccccc2n1.Cl. The number of fused-ring (bicyclic) bond motifs is 1. The highest BCUT2D eigenvalue weighted by Crippen LogP contribution is 2.14. The topological polar surface area (TPSA) is 29.0 Å². The van der Waals surface area contributed by atoms with E-state index in [0.29, 0.717) is 0 Å². The van der Waals surface area contributed by atoms with Crippen LogP contribution >= 0.6 is 12.4 Å². The molecular weight excluding hydrogens is 222 g/mol. The first-order chi connectivity index (χ1) is 7.35. The maximum atomic E-state index is 4.58. The third kappa shape index (κ3) is 2.42. The van der Waals surface area contributed by atoms with Gasteiger partial charge in [0.2, 0.25) is 0 Å². The third-order valence-electron chi connectivity index (χ3n) is 2.52. The lowest BCUT2D eigenvalue weighted by molar-refractivity contribution is 0.846.